The second-order valence-corrected chi connectivity index (χ2v) is 9.79. The summed E-state index contributed by atoms with van der Waals surface area (Å²) in [6.45, 7) is 7.79. The number of nitrogens with zero attached hydrogens (tertiary/aromatic N) is 1. The lowest BCUT2D eigenvalue weighted by Gasteiger charge is -2.27. The molecule has 0 aliphatic carbocycles. The minimum absolute atomic E-state index is 0.401. The maximum Gasteiger partial charge on any atom is 0.238 e. The van der Waals surface area contributed by atoms with Crippen LogP contribution in [0.15, 0.2) is 11.4 Å². The molecule has 1 amide bonds. The molecule has 0 spiro atoms. The first-order chi connectivity index (χ1) is 10.3. The van der Waals surface area contributed by atoms with Crippen LogP contribution in [0.2, 0.25) is 0 Å². The summed E-state index contributed by atoms with van der Waals surface area (Å²) >= 11 is 1.80. The summed E-state index contributed by atoms with van der Waals surface area (Å²) in [5, 5.41) is 3.35. The Morgan fingerprint density at radius 3 is 2.82 bits per heavy atom. The van der Waals surface area contributed by atoms with Crippen molar-refractivity contribution in [3.8, 4) is 0 Å². The summed E-state index contributed by atoms with van der Waals surface area (Å²) in [5.74, 6) is -0.401. The zero-order valence-electron chi connectivity index (χ0n) is 13.3. The van der Waals surface area contributed by atoms with E-state index in [9.17, 15) is 13.2 Å². The highest BCUT2D eigenvalue weighted by Crippen LogP contribution is 2.23. The predicted octanol–water partition coefficient (Wildman–Crippen LogP) is 1.43. The van der Waals surface area contributed by atoms with E-state index < -0.39 is 26.2 Å². The number of thiophene rings is 1. The van der Waals surface area contributed by atoms with Crippen molar-refractivity contribution >= 4 is 27.1 Å². The molecule has 0 saturated heterocycles. The standard InChI is InChI=1S/C15H24N2O3S2/c1-11(2)22(19,20)12(3)15(18)16-6-8-17-7-4-14-13(10-17)5-9-21-14/h5,9,11-12H,4,6-8,10H2,1-3H3,(H,16,18)/t12-/m0/s1. The Labute approximate surface area is 136 Å². The van der Waals surface area contributed by atoms with Crippen LogP contribution in [0.3, 0.4) is 0 Å². The van der Waals surface area contributed by atoms with E-state index in [0.29, 0.717) is 6.54 Å². The van der Waals surface area contributed by atoms with Crippen LogP contribution in [0.4, 0.5) is 0 Å². The van der Waals surface area contributed by atoms with Crippen LogP contribution in [-0.2, 0) is 27.6 Å². The summed E-state index contributed by atoms with van der Waals surface area (Å²) < 4.78 is 23.9. The molecule has 1 aliphatic heterocycles. The lowest BCUT2D eigenvalue weighted by Crippen LogP contribution is -2.44. The van der Waals surface area contributed by atoms with Crippen molar-refractivity contribution in [2.24, 2.45) is 0 Å². The monoisotopic (exact) mass is 344 g/mol. The molecule has 0 saturated carbocycles. The Balaban J connectivity index is 1.78. The molecule has 0 unspecified atom stereocenters. The third-order valence-electron chi connectivity index (χ3n) is 4.13. The summed E-state index contributed by atoms with van der Waals surface area (Å²) in [6.07, 6.45) is 1.05. The minimum Gasteiger partial charge on any atom is -0.354 e. The van der Waals surface area contributed by atoms with Crippen molar-refractivity contribution in [3.05, 3.63) is 21.9 Å². The molecule has 1 atom stereocenters. The molecular weight excluding hydrogens is 320 g/mol. The molecule has 1 aliphatic rings. The first kappa shape index (κ1) is 17.4. The zero-order valence-corrected chi connectivity index (χ0v) is 15.0. The highest BCUT2D eigenvalue weighted by atomic mass is 32.2. The van der Waals surface area contributed by atoms with Gasteiger partial charge in [0.05, 0.1) is 5.25 Å². The molecule has 124 valence electrons. The molecule has 1 aromatic heterocycles. The minimum atomic E-state index is -3.39. The third kappa shape index (κ3) is 3.88. The largest absolute Gasteiger partial charge is 0.354 e. The number of rotatable bonds is 6. The lowest BCUT2D eigenvalue weighted by atomic mass is 10.1. The van der Waals surface area contributed by atoms with E-state index in [1.807, 2.05) is 0 Å². The Morgan fingerprint density at radius 2 is 2.14 bits per heavy atom. The van der Waals surface area contributed by atoms with Gasteiger partial charge < -0.3 is 5.32 Å². The van der Waals surface area contributed by atoms with Crippen LogP contribution in [0.5, 0.6) is 0 Å². The van der Waals surface area contributed by atoms with Gasteiger partial charge in [0.1, 0.15) is 5.25 Å². The van der Waals surface area contributed by atoms with E-state index in [2.05, 4.69) is 21.7 Å². The Bertz CT molecular complexity index is 622. The molecule has 0 radical (unpaired) electrons. The molecule has 5 nitrogen and oxygen atoms in total. The topological polar surface area (TPSA) is 66.5 Å². The quantitative estimate of drug-likeness (QED) is 0.848. The number of carbonyl (C=O) groups excluding carboxylic acids is 1. The first-order valence-corrected chi connectivity index (χ1v) is 10.1. The van der Waals surface area contributed by atoms with E-state index in [1.54, 1.807) is 25.2 Å². The molecule has 1 aromatic rings. The van der Waals surface area contributed by atoms with E-state index in [0.717, 1.165) is 26.1 Å². The van der Waals surface area contributed by atoms with Crippen LogP contribution >= 0.6 is 11.3 Å². The van der Waals surface area contributed by atoms with Gasteiger partial charge in [-0.05, 0) is 44.2 Å². The molecule has 0 fully saturated rings. The lowest BCUT2D eigenvalue weighted by molar-refractivity contribution is -0.120. The van der Waals surface area contributed by atoms with Crippen LogP contribution in [0.25, 0.3) is 0 Å². The number of amides is 1. The average molecular weight is 345 g/mol. The molecular formula is C15H24N2O3S2. The maximum absolute atomic E-state index is 12.0. The van der Waals surface area contributed by atoms with E-state index in [4.69, 9.17) is 0 Å². The zero-order chi connectivity index (χ0) is 16.3. The van der Waals surface area contributed by atoms with Crippen molar-refractivity contribution in [2.45, 2.75) is 44.2 Å². The molecule has 22 heavy (non-hydrogen) atoms. The number of carbonyl (C=O) groups is 1. The fraction of sp³-hybridized carbons (Fsp3) is 0.667. The molecule has 2 rings (SSSR count). The van der Waals surface area contributed by atoms with Gasteiger partial charge in [-0.25, -0.2) is 8.42 Å². The van der Waals surface area contributed by atoms with Gasteiger partial charge in [-0.15, -0.1) is 11.3 Å². The number of nitrogens with one attached hydrogen (secondary N) is 1. The van der Waals surface area contributed by atoms with Gasteiger partial charge in [-0.3, -0.25) is 9.69 Å². The van der Waals surface area contributed by atoms with Gasteiger partial charge in [-0.1, -0.05) is 0 Å². The number of fused-ring (bicyclic) bond motifs is 1. The highest BCUT2D eigenvalue weighted by molar-refractivity contribution is 7.93. The van der Waals surface area contributed by atoms with Crippen LogP contribution < -0.4 is 5.32 Å². The van der Waals surface area contributed by atoms with Crippen LogP contribution in [-0.4, -0.2) is 49.4 Å². The second kappa shape index (κ2) is 7.10. The van der Waals surface area contributed by atoms with Gasteiger partial charge in [0, 0.05) is 31.1 Å². The van der Waals surface area contributed by atoms with Crippen molar-refractivity contribution in [1.82, 2.24) is 10.2 Å². The maximum atomic E-state index is 12.0. The summed E-state index contributed by atoms with van der Waals surface area (Å²) in [6, 6.07) is 2.15. The van der Waals surface area contributed by atoms with E-state index >= 15 is 0 Å². The number of hydrogen-bond donors (Lipinski definition) is 1. The molecule has 1 N–H and O–H groups in total. The average Bonchev–Trinajstić information content (AvgIpc) is 2.93. The van der Waals surface area contributed by atoms with Crippen molar-refractivity contribution < 1.29 is 13.2 Å². The fourth-order valence-corrected chi connectivity index (χ4v) is 4.62. The van der Waals surface area contributed by atoms with E-state index in [1.165, 1.54) is 17.4 Å². The smallest absolute Gasteiger partial charge is 0.238 e. The van der Waals surface area contributed by atoms with E-state index in [-0.39, 0.29) is 0 Å². The SMILES string of the molecule is CC(C)S(=O)(=O)[C@@H](C)C(=O)NCCN1CCc2sccc2C1. The molecule has 7 heteroatoms. The van der Waals surface area contributed by atoms with Gasteiger partial charge in [-0.2, -0.15) is 0 Å². The predicted molar refractivity (Wildman–Crippen MR) is 89.8 cm³/mol. The molecule has 0 aromatic carbocycles. The van der Waals surface area contributed by atoms with Gasteiger partial charge in [0.15, 0.2) is 9.84 Å². The van der Waals surface area contributed by atoms with Gasteiger partial charge in [0.2, 0.25) is 5.91 Å². The molecule has 0 bridgehead atoms. The Kier molecular flexibility index (Phi) is 5.63. The summed E-state index contributed by atoms with van der Waals surface area (Å²) in [7, 11) is -3.39. The van der Waals surface area contributed by atoms with Crippen molar-refractivity contribution in [1.29, 1.82) is 0 Å². The van der Waals surface area contributed by atoms with Crippen LogP contribution in [0, 0.1) is 0 Å². The number of hydrogen-bond acceptors (Lipinski definition) is 5. The fourth-order valence-electron chi connectivity index (χ4n) is 2.54. The number of sulfone groups is 1. The normalized spacial score (nSPS) is 17.3. The summed E-state index contributed by atoms with van der Waals surface area (Å²) in [5.41, 5.74) is 1.37. The molecule has 2 heterocycles. The Morgan fingerprint density at radius 1 is 1.41 bits per heavy atom. The van der Waals surface area contributed by atoms with Crippen molar-refractivity contribution in [3.63, 3.8) is 0 Å². The second-order valence-electron chi connectivity index (χ2n) is 5.97. The highest BCUT2D eigenvalue weighted by Gasteiger charge is 2.30. The van der Waals surface area contributed by atoms with Gasteiger partial charge in [0.25, 0.3) is 0 Å². The Hall–Kier alpha value is -0.920. The van der Waals surface area contributed by atoms with Crippen molar-refractivity contribution in [2.75, 3.05) is 19.6 Å². The third-order valence-corrected chi connectivity index (χ3v) is 7.67. The first-order valence-electron chi connectivity index (χ1n) is 7.60. The van der Waals surface area contributed by atoms with Gasteiger partial charge >= 0.3 is 0 Å². The summed E-state index contributed by atoms with van der Waals surface area (Å²) in [4.78, 5) is 15.7. The van der Waals surface area contributed by atoms with Crippen LogP contribution in [0.1, 0.15) is 31.2 Å².